The molecule has 0 aromatic carbocycles. The van der Waals surface area contributed by atoms with Gasteiger partial charge in [0.15, 0.2) is 10.8 Å². The second-order valence-corrected chi connectivity index (χ2v) is 4.99. The zero-order valence-electron chi connectivity index (χ0n) is 10.9. The minimum Gasteiger partial charge on any atom is -0.461 e. The van der Waals surface area contributed by atoms with Gasteiger partial charge in [0.25, 0.3) is 0 Å². The Morgan fingerprint density at radius 1 is 1.39 bits per heavy atom. The first-order chi connectivity index (χ1) is 8.74. The molecule has 0 aliphatic carbocycles. The van der Waals surface area contributed by atoms with Crippen LogP contribution in [0.5, 0.6) is 0 Å². The molecule has 2 rings (SSSR count). The first kappa shape index (κ1) is 13.3. The number of hydrogen-bond acceptors (Lipinski definition) is 6. The van der Waals surface area contributed by atoms with E-state index in [2.05, 4.69) is 21.7 Å². The first-order valence-electron chi connectivity index (χ1n) is 6.34. The lowest BCUT2D eigenvalue weighted by Gasteiger charge is -2.33. The lowest BCUT2D eigenvalue weighted by Crippen LogP contribution is -2.46. The molecular formula is C12H19N3O2S. The number of thiazole rings is 1. The Morgan fingerprint density at radius 3 is 2.72 bits per heavy atom. The zero-order chi connectivity index (χ0) is 13.0. The van der Waals surface area contributed by atoms with Gasteiger partial charge < -0.3 is 14.5 Å². The molecule has 0 N–H and O–H groups in total. The van der Waals surface area contributed by atoms with Crippen molar-refractivity contribution < 1.29 is 9.53 Å². The van der Waals surface area contributed by atoms with Crippen LogP contribution >= 0.6 is 11.3 Å². The number of hydrogen-bond donors (Lipinski definition) is 0. The summed E-state index contributed by atoms with van der Waals surface area (Å²) >= 11 is 1.51. The number of nitrogens with zero attached hydrogens (tertiary/aromatic N) is 3. The lowest BCUT2D eigenvalue weighted by molar-refractivity contribution is 0.0520. The summed E-state index contributed by atoms with van der Waals surface area (Å²) in [5.74, 6) is -0.327. The number of aromatic nitrogens is 1. The van der Waals surface area contributed by atoms with Gasteiger partial charge in [-0.25, -0.2) is 9.78 Å². The molecule has 1 saturated heterocycles. The van der Waals surface area contributed by atoms with Gasteiger partial charge in [0.2, 0.25) is 0 Å². The van der Waals surface area contributed by atoms with Crippen LogP contribution in [0.25, 0.3) is 0 Å². The number of carbonyl (C=O) groups excluding carboxylic acids is 1. The molecule has 0 saturated carbocycles. The van der Waals surface area contributed by atoms with Crippen LogP contribution in [0.3, 0.4) is 0 Å². The van der Waals surface area contributed by atoms with E-state index < -0.39 is 0 Å². The second-order valence-electron chi connectivity index (χ2n) is 4.16. The Kier molecular flexibility index (Phi) is 4.54. The quantitative estimate of drug-likeness (QED) is 0.774. The fourth-order valence-electron chi connectivity index (χ4n) is 1.96. The number of carbonyl (C=O) groups is 1. The number of likely N-dealkylation sites (N-methyl/N-ethyl adjacent to an activating group) is 1. The summed E-state index contributed by atoms with van der Waals surface area (Å²) in [5.41, 5.74) is 0.426. The Labute approximate surface area is 111 Å². The standard InChI is InChI=1S/C12H19N3O2S/c1-3-14-5-7-15(8-6-14)12-13-10(9-18-12)11(16)17-4-2/h9H,3-8H2,1-2H3. The highest BCUT2D eigenvalue weighted by atomic mass is 32.1. The summed E-state index contributed by atoms with van der Waals surface area (Å²) in [6.45, 7) is 9.54. The van der Waals surface area contributed by atoms with Gasteiger partial charge >= 0.3 is 5.97 Å². The molecule has 1 aliphatic rings. The van der Waals surface area contributed by atoms with Crippen LogP contribution in [0.2, 0.25) is 0 Å². The molecular weight excluding hydrogens is 250 g/mol. The molecule has 0 spiro atoms. The molecule has 6 heteroatoms. The van der Waals surface area contributed by atoms with Crippen molar-refractivity contribution in [3.63, 3.8) is 0 Å². The Hall–Kier alpha value is -1.14. The van der Waals surface area contributed by atoms with Crippen molar-refractivity contribution in [1.29, 1.82) is 0 Å². The molecule has 1 aliphatic heterocycles. The van der Waals surface area contributed by atoms with Crippen LogP contribution in [0.4, 0.5) is 5.13 Å². The van der Waals surface area contributed by atoms with Crippen LogP contribution in [-0.4, -0.2) is 55.2 Å². The third kappa shape index (κ3) is 3.00. The zero-order valence-corrected chi connectivity index (χ0v) is 11.7. The van der Waals surface area contributed by atoms with Gasteiger partial charge in [-0.3, -0.25) is 0 Å². The number of esters is 1. The van der Waals surface area contributed by atoms with E-state index in [9.17, 15) is 4.79 Å². The Balaban J connectivity index is 1.96. The highest BCUT2D eigenvalue weighted by molar-refractivity contribution is 7.13. The number of rotatable bonds is 4. The second kappa shape index (κ2) is 6.15. The van der Waals surface area contributed by atoms with Crippen LogP contribution in [-0.2, 0) is 4.74 Å². The van der Waals surface area contributed by atoms with Crippen molar-refractivity contribution in [3.8, 4) is 0 Å². The van der Waals surface area contributed by atoms with Gasteiger partial charge in [0.1, 0.15) is 0 Å². The van der Waals surface area contributed by atoms with Gasteiger partial charge in [0, 0.05) is 31.6 Å². The highest BCUT2D eigenvalue weighted by Crippen LogP contribution is 2.22. The summed E-state index contributed by atoms with van der Waals surface area (Å²) in [7, 11) is 0. The average molecular weight is 269 g/mol. The minimum atomic E-state index is -0.327. The predicted octanol–water partition coefficient (Wildman–Crippen LogP) is 1.46. The van der Waals surface area contributed by atoms with E-state index in [1.165, 1.54) is 11.3 Å². The van der Waals surface area contributed by atoms with Gasteiger partial charge in [-0.15, -0.1) is 11.3 Å². The third-order valence-corrected chi connectivity index (χ3v) is 3.97. The minimum absolute atomic E-state index is 0.327. The van der Waals surface area contributed by atoms with E-state index >= 15 is 0 Å². The molecule has 1 aromatic heterocycles. The molecule has 0 amide bonds. The smallest absolute Gasteiger partial charge is 0.357 e. The number of anilines is 1. The number of ether oxygens (including phenoxy) is 1. The molecule has 18 heavy (non-hydrogen) atoms. The Bertz CT molecular complexity index is 400. The van der Waals surface area contributed by atoms with Crippen LogP contribution in [0.1, 0.15) is 24.3 Å². The topological polar surface area (TPSA) is 45.7 Å². The largest absolute Gasteiger partial charge is 0.461 e. The van der Waals surface area contributed by atoms with Gasteiger partial charge in [-0.05, 0) is 13.5 Å². The van der Waals surface area contributed by atoms with E-state index in [0.717, 1.165) is 37.9 Å². The van der Waals surface area contributed by atoms with Crippen molar-refractivity contribution in [3.05, 3.63) is 11.1 Å². The van der Waals surface area contributed by atoms with E-state index in [0.29, 0.717) is 12.3 Å². The van der Waals surface area contributed by atoms with Gasteiger partial charge in [-0.2, -0.15) is 0 Å². The predicted molar refractivity (Wildman–Crippen MR) is 72.4 cm³/mol. The maximum absolute atomic E-state index is 11.5. The lowest BCUT2D eigenvalue weighted by atomic mass is 10.3. The highest BCUT2D eigenvalue weighted by Gasteiger charge is 2.20. The molecule has 0 atom stereocenters. The summed E-state index contributed by atoms with van der Waals surface area (Å²) in [4.78, 5) is 20.5. The average Bonchev–Trinajstić information content (AvgIpc) is 2.89. The molecule has 100 valence electrons. The fraction of sp³-hybridized carbons (Fsp3) is 0.667. The summed E-state index contributed by atoms with van der Waals surface area (Å²) < 4.78 is 4.94. The molecule has 2 heterocycles. The molecule has 0 unspecified atom stereocenters. The number of piperazine rings is 1. The van der Waals surface area contributed by atoms with Crippen molar-refractivity contribution in [2.45, 2.75) is 13.8 Å². The van der Waals surface area contributed by atoms with E-state index in [1.54, 1.807) is 12.3 Å². The van der Waals surface area contributed by atoms with Crippen molar-refractivity contribution in [2.75, 3.05) is 44.2 Å². The van der Waals surface area contributed by atoms with Gasteiger partial charge in [-0.1, -0.05) is 6.92 Å². The maximum Gasteiger partial charge on any atom is 0.357 e. The van der Waals surface area contributed by atoms with Crippen LogP contribution in [0.15, 0.2) is 5.38 Å². The van der Waals surface area contributed by atoms with Crippen LogP contribution < -0.4 is 4.90 Å². The van der Waals surface area contributed by atoms with Crippen molar-refractivity contribution >= 4 is 22.4 Å². The van der Waals surface area contributed by atoms with E-state index in [4.69, 9.17) is 4.74 Å². The normalized spacial score (nSPS) is 16.9. The molecule has 5 nitrogen and oxygen atoms in total. The molecule has 0 bridgehead atoms. The van der Waals surface area contributed by atoms with E-state index in [1.807, 2.05) is 0 Å². The van der Waals surface area contributed by atoms with Crippen molar-refractivity contribution in [1.82, 2.24) is 9.88 Å². The Morgan fingerprint density at radius 2 is 2.11 bits per heavy atom. The molecule has 1 aromatic rings. The summed E-state index contributed by atoms with van der Waals surface area (Å²) in [6.07, 6.45) is 0. The third-order valence-electron chi connectivity index (χ3n) is 3.07. The fourth-order valence-corrected chi connectivity index (χ4v) is 2.81. The maximum atomic E-state index is 11.5. The monoisotopic (exact) mass is 269 g/mol. The van der Waals surface area contributed by atoms with Crippen LogP contribution in [0, 0.1) is 0 Å². The molecule has 1 fully saturated rings. The summed E-state index contributed by atoms with van der Waals surface area (Å²) in [6, 6.07) is 0. The molecule has 0 radical (unpaired) electrons. The SMILES string of the molecule is CCOC(=O)c1csc(N2CCN(CC)CC2)n1. The first-order valence-corrected chi connectivity index (χ1v) is 7.22. The summed E-state index contributed by atoms with van der Waals surface area (Å²) in [5, 5.41) is 2.70. The van der Waals surface area contributed by atoms with E-state index in [-0.39, 0.29) is 5.97 Å². The van der Waals surface area contributed by atoms with Crippen molar-refractivity contribution in [2.24, 2.45) is 0 Å². The van der Waals surface area contributed by atoms with Gasteiger partial charge in [0.05, 0.1) is 6.61 Å².